The van der Waals surface area contributed by atoms with Gasteiger partial charge in [0.2, 0.25) is 5.91 Å². The normalized spacial score (nSPS) is 14.5. The maximum Gasteiger partial charge on any atom is 0.417 e. The molecule has 2 heterocycles. The van der Waals surface area contributed by atoms with Crippen molar-refractivity contribution in [3.8, 4) is 0 Å². The fourth-order valence-corrected chi connectivity index (χ4v) is 3.52. The molecular formula is C21H19N3O5. The fraction of sp³-hybridized carbons (Fsp3) is 0.238. The van der Waals surface area contributed by atoms with Crippen molar-refractivity contribution in [2.24, 2.45) is 5.92 Å². The molecule has 148 valence electrons. The largest absolute Gasteiger partial charge is 0.417 e. The number of nitrogens with zero attached hydrogens (tertiary/aromatic N) is 1. The maximum absolute atomic E-state index is 13.1. The quantitative estimate of drug-likeness (QED) is 0.647. The molecule has 8 nitrogen and oxygen atoms in total. The molecular weight excluding hydrogens is 374 g/mol. The first-order valence-electron chi connectivity index (χ1n) is 9.26. The topological polar surface area (TPSA) is 112 Å². The number of amides is 3. The van der Waals surface area contributed by atoms with Crippen LogP contribution in [0.25, 0.3) is 11.1 Å². The number of carbonyl (C=O) groups excluding carboxylic acids is 3. The van der Waals surface area contributed by atoms with E-state index in [9.17, 15) is 19.2 Å². The molecule has 4 rings (SSSR count). The van der Waals surface area contributed by atoms with E-state index < -0.39 is 29.5 Å². The van der Waals surface area contributed by atoms with Crippen LogP contribution in [-0.4, -0.2) is 33.6 Å². The van der Waals surface area contributed by atoms with Crippen LogP contribution in [0.5, 0.6) is 0 Å². The molecule has 2 aromatic carbocycles. The Morgan fingerprint density at radius 2 is 1.72 bits per heavy atom. The molecule has 0 aliphatic carbocycles. The van der Waals surface area contributed by atoms with E-state index in [1.165, 1.54) is 0 Å². The molecule has 0 saturated heterocycles. The second-order valence-corrected chi connectivity index (χ2v) is 7.39. The van der Waals surface area contributed by atoms with Gasteiger partial charge in [0.25, 0.3) is 11.8 Å². The van der Waals surface area contributed by atoms with Gasteiger partial charge in [0, 0.05) is 5.69 Å². The Balaban J connectivity index is 1.64. The Kier molecular flexibility index (Phi) is 4.54. The van der Waals surface area contributed by atoms with Crippen molar-refractivity contribution in [2.75, 3.05) is 5.32 Å². The minimum atomic E-state index is -0.957. The van der Waals surface area contributed by atoms with E-state index in [0.29, 0.717) is 34.3 Å². The van der Waals surface area contributed by atoms with Crippen molar-refractivity contribution in [1.82, 2.24) is 9.88 Å². The zero-order valence-corrected chi connectivity index (χ0v) is 15.9. The number of oxazole rings is 1. The van der Waals surface area contributed by atoms with Crippen molar-refractivity contribution in [3.63, 3.8) is 0 Å². The zero-order valence-electron chi connectivity index (χ0n) is 15.9. The van der Waals surface area contributed by atoms with Gasteiger partial charge in [-0.15, -0.1) is 0 Å². The summed E-state index contributed by atoms with van der Waals surface area (Å²) in [6.07, 6.45) is 0.322. The molecule has 0 bridgehead atoms. The predicted molar refractivity (Wildman–Crippen MR) is 106 cm³/mol. The molecule has 8 heteroatoms. The lowest BCUT2D eigenvalue weighted by atomic mass is 10.0. The lowest BCUT2D eigenvalue weighted by Gasteiger charge is -2.26. The number of aromatic amines is 1. The van der Waals surface area contributed by atoms with Crippen molar-refractivity contribution >= 4 is 34.5 Å². The second-order valence-electron chi connectivity index (χ2n) is 7.39. The van der Waals surface area contributed by atoms with Gasteiger partial charge in [-0.2, -0.15) is 0 Å². The molecule has 1 aromatic heterocycles. The number of imide groups is 1. The van der Waals surface area contributed by atoms with E-state index in [2.05, 4.69) is 10.3 Å². The van der Waals surface area contributed by atoms with E-state index >= 15 is 0 Å². The summed E-state index contributed by atoms with van der Waals surface area (Å²) in [5.74, 6) is -1.93. The third-order valence-corrected chi connectivity index (χ3v) is 4.82. The predicted octanol–water partition coefficient (Wildman–Crippen LogP) is 2.77. The minimum Gasteiger partial charge on any atom is -0.408 e. The van der Waals surface area contributed by atoms with Gasteiger partial charge in [-0.1, -0.05) is 26.0 Å². The van der Waals surface area contributed by atoms with E-state index in [1.54, 1.807) is 42.5 Å². The highest BCUT2D eigenvalue weighted by Gasteiger charge is 2.42. The van der Waals surface area contributed by atoms with Crippen LogP contribution in [0.2, 0.25) is 0 Å². The van der Waals surface area contributed by atoms with Crippen LogP contribution in [0.1, 0.15) is 41.0 Å². The van der Waals surface area contributed by atoms with E-state index in [1.807, 2.05) is 13.8 Å². The molecule has 2 N–H and O–H groups in total. The Hall–Kier alpha value is -3.68. The van der Waals surface area contributed by atoms with Gasteiger partial charge in [-0.05, 0) is 42.7 Å². The average molecular weight is 393 g/mol. The number of hydrogen-bond acceptors (Lipinski definition) is 5. The van der Waals surface area contributed by atoms with Gasteiger partial charge in [-0.25, -0.2) is 4.79 Å². The van der Waals surface area contributed by atoms with Crippen LogP contribution in [0.15, 0.2) is 51.7 Å². The van der Waals surface area contributed by atoms with Gasteiger partial charge < -0.3 is 9.73 Å². The first-order chi connectivity index (χ1) is 13.8. The second kappa shape index (κ2) is 7.05. The summed E-state index contributed by atoms with van der Waals surface area (Å²) in [4.78, 5) is 53.6. The number of rotatable bonds is 5. The summed E-state index contributed by atoms with van der Waals surface area (Å²) in [6.45, 7) is 3.83. The number of hydrogen-bond donors (Lipinski definition) is 2. The monoisotopic (exact) mass is 393 g/mol. The molecule has 1 aliphatic heterocycles. The highest BCUT2D eigenvalue weighted by Crippen LogP contribution is 2.28. The smallest absolute Gasteiger partial charge is 0.408 e. The van der Waals surface area contributed by atoms with Crippen molar-refractivity contribution in [1.29, 1.82) is 0 Å². The molecule has 1 atom stereocenters. The standard InChI is InChI=1S/C21H19N3O5/c1-11(2)9-16(24-19(26)13-5-3-4-6-14(13)20(24)27)18(25)22-12-7-8-17-15(10-12)23-21(28)29-17/h3-8,10-11,16H,9H2,1-2H3,(H,22,25)(H,23,28). The number of H-pyrrole nitrogens is 1. The van der Waals surface area contributed by atoms with Crippen molar-refractivity contribution in [2.45, 2.75) is 26.3 Å². The van der Waals surface area contributed by atoms with Crippen LogP contribution in [0.3, 0.4) is 0 Å². The Bertz CT molecular complexity index is 1160. The van der Waals surface area contributed by atoms with E-state index in [0.717, 1.165) is 4.90 Å². The Morgan fingerprint density at radius 1 is 1.07 bits per heavy atom. The minimum absolute atomic E-state index is 0.0720. The highest BCUT2D eigenvalue weighted by atomic mass is 16.4. The summed E-state index contributed by atoms with van der Waals surface area (Å²) >= 11 is 0. The molecule has 0 radical (unpaired) electrons. The molecule has 0 fully saturated rings. The number of benzene rings is 2. The number of aromatic nitrogens is 1. The van der Waals surface area contributed by atoms with Crippen LogP contribution < -0.4 is 11.1 Å². The van der Waals surface area contributed by atoms with Crippen LogP contribution >= 0.6 is 0 Å². The lowest BCUT2D eigenvalue weighted by molar-refractivity contribution is -0.120. The Labute approximate surface area is 165 Å². The van der Waals surface area contributed by atoms with Gasteiger partial charge in [0.15, 0.2) is 5.58 Å². The third-order valence-electron chi connectivity index (χ3n) is 4.82. The number of nitrogens with one attached hydrogen (secondary N) is 2. The summed E-state index contributed by atoms with van der Waals surface area (Å²) in [5.41, 5.74) is 1.83. The third kappa shape index (κ3) is 3.33. The van der Waals surface area contributed by atoms with E-state index in [-0.39, 0.29) is 5.92 Å². The number of anilines is 1. The van der Waals surface area contributed by atoms with Gasteiger partial charge in [0.1, 0.15) is 6.04 Å². The lowest BCUT2D eigenvalue weighted by Crippen LogP contribution is -2.47. The molecule has 0 saturated carbocycles. The summed E-state index contributed by atoms with van der Waals surface area (Å²) in [7, 11) is 0. The number of carbonyl (C=O) groups is 3. The van der Waals surface area contributed by atoms with Gasteiger partial charge in [-0.3, -0.25) is 24.3 Å². The summed E-state index contributed by atoms with van der Waals surface area (Å²) in [5, 5.41) is 2.74. The summed E-state index contributed by atoms with van der Waals surface area (Å²) < 4.78 is 4.95. The van der Waals surface area contributed by atoms with E-state index in [4.69, 9.17) is 4.42 Å². The van der Waals surface area contributed by atoms with Crippen LogP contribution in [-0.2, 0) is 4.79 Å². The SMILES string of the molecule is CC(C)CC(C(=O)Nc1ccc2oc(=O)[nH]c2c1)N1C(=O)c2ccccc2C1=O. The first kappa shape index (κ1) is 18.7. The molecule has 29 heavy (non-hydrogen) atoms. The highest BCUT2D eigenvalue weighted by molar-refractivity contribution is 6.23. The fourth-order valence-electron chi connectivity index (χ4n) is 3.52. The van der Waals surface area contributed by atoms with Crippen molar-refractivity contribution in [3.05, 3.63) is 64.1 Å². The molecule has 1 aliphatic rings. The maximum atomic E-state index is 13.1. The zero-order chi connectivity index (χ0) is 20.7. The molecule has 3 aromatic rings. The molecule has 3 amide bonds. The van der Waals surface area contributed by atoms with Gasteiger partial charge >= 0.3 is 5.76 Å². The van der Waals surface area contributed by atoms with Gasteiger partial charge in [0.05, 0.1) is 16.6 Å². The summed E-state index contributed by atoms with van der Waals surface area (Å²) in [6, 6.07) is 10.3. The first-order valence-corrected chi connectivity index (χ1v) is 9.26. The van der Waals surface area contributed by atoms with Crippen LogP contribution in [0, 0.1) is 5.92 Å². The molecule has 0 spiro atoms. The molecule has 1 unspecified atom stereocenters. The van der Waals surface area contributed by atoms with Crippen molar-refractivity contribution < 1.29 is 18.8 Å². The number of fused-ring (bicyclic) bond motifs is 2. The average Bonchev–Trinajstić information content (AvgIpc) is 3.16. The van der Waals surface area contributed by atoms with Crippen LogP contribution in [0.4, 0.5) is 5.69 Å². The Morgan fingerprint density at radius 3 is 2.34 bits per heavy atom.